The van der Waals surface area contributed by atoms with Gasteiger partial charge in [-0.2, -0.15) is 6.42 Å². The van der Waals surface area contributed by atoms with E-state index in [1.54, 1.807) is 0 Å². The molecule has 0 heterocycles. The average molecular weight is 413 g/mol. The molecule has 2 aromatic rings. The van der Waals surface area contributed by atoms with Crippen LogP contribution in [-0.4, -0.2) is 14.4 Å². The maximum absolute atomic E-state index is 11.8. The van der Waals surface area contributed by atoms with Crippen molar-refractivity contribution >= 4 is 25.1 Å². The summed E-state index contributed by atoms with van der Waals surface area (Å²) in [7, 11) is -1.79. The molecule has 122 valence electrons. The third kappa shape index (κ3) is 4.85. The van der Waals surface area contributed by atoms with E-state index in [2.05, 4.69) is 38.4 Å². The zero-order valence-electron chi connectivity index (χ0n) is 13.6. The molecular formula is C20H22OPdSi. The molecule has 0 fully saturated rings. The Labute approximate surface area is 154 Å². The van der Waals surface area contributed by atoms with Crippen molar-refractivity contribution in [2.75, 3.05) is 0 Å². The van der Waals surface area contributed by atoms with Gasteiger partial charge in [-0.3, -0.25) is 0 Å². The second-order valence-corrected chi connectivity index (χ2v) is 10.8. The van der Waals surface area contributed by atoms with E-state index < -0.39 is 8.07 Å². The van der Waals surface area contributed by atoms with E-state index in [1.807, 2.05) is 48.5 Å². The molecule has 0 radical (unpaired) electrons. The Bertz CT molecular complexity index is 648. The van der Waals surface area contributed by atoms with Crippen molar-refractivity contribution < 1.29 is 25.2 Å². The topological polar surface area (TPSA) is 17.1 Å². The largest absolute Gasteiger partial charge is 2.00 e. The summed E-state index contributed by atoms with van der Waals surface area (Å²) in [6.07, 6.45) is 3.11. The van der Waals surface area contributed by atoms with Crippen molar-refractivity contribution in [1.82, 2.24) is 0 Å². The van der Waals surface area contributed by atoms with Gasteiger partial charge in [0.25, 0.3) is 0 Å². The Hall–Kier alpha value is -1.27. The van der Waals surface area contributed by atoms with Crippen LogP contribution >= 0.6 is 0 Å². The predicted molar refractivity (Wildman–Crippen MR) is 97.7 cm³/mol. The van der Waals surface area contributed by atoms with Crippen LogP contribution in [0.15, 0.2) is 60.7 Å². The Morgan fingerprint density at radius 3 is 1.87 bits per heavy atom. The number of carbonyl (C=O) groups excluding carboxylic acids is 1. The summed E-state index contributed by atoms with van der Waals surface area (Å²) in [5.74, 6) is 0. The molecule has 1 nitrogen and oxygen atoms in total. The maximum atomic E-state index is 11.8. The van der Waals surface area contributed by atoms with Crippen LogP contribution < -0.4 is 0 Å². The van der Waals surface area contributed by atoms with Crippen molar-refractivity contribution in [3.05, 3.63) is 78.7 Å². The molecule has 0 aliphatic carbocycles. The van der Waals surface area contributed by atoms with Gasteiger partial charge in [0.15, 0.2) is 0 Å². The zero-order valence-corrected chi connectivity index (χ0v) is 16.2. The molecule has 23 heavy (non-hydrogen) atoms. The molecule has 0 bridgehead atoms. The van der Waals surface area contributed by atoms with Crippen LogP contribution in [0.3, 0.4) is 0 Å². The first kappa shape index (κ1) is 19.8. The second-order valence-electron chi connectivity index (χ2n) is 6.07. The van der Waals surface area contributed by atoms with Crippen LogP contribution in [0, 0.1) is 6.92 Å². The van der Waals surface area contributed by atoms with Gasteiger partial charge >= 0.3 is 20.4 Å². The van der Waals surface area contributed by atoms with Gasteiger partial charge < -0.3 is 11.7 Å². The van der Waals surface area contributed by atoms with E-state index in [1.165, 1.54) is 5.20 Å². The van der Waals surface area contributed by atoms with Crippen LogP contribution in [0.25, 0.3) is 10.8 Å². The molecule has 3 heteroatoms. The Morgan fingerprint density at radius 1 is 0.957 bits per heavy atom. The first-order valence-electron chi connectivity index (χ1n) is 7.63. The van der Waals surface area contributed by atoms with E-state index in [0.29, 0.717) is 5.57 Å². The Balaban J connectivity index is 0.00000264. The van der Waals surface area contributed by atoms with E-state index >= 15 is 0 Å². The van der Waals surface area contributed by atoms with Crippen LogP contribution in [-0.2, 0) is 25.2 Å². The van der Waals surface area contributed by atoms with E-state index in [4.69, 9.17) is 0 Å². The number of allylic oxidation sites excluding steroid dienone is 1. The second kappa shape index (κ2) is 9.13. The van der Waals surface area contributed by atoms with Crippen molar-refractivity contribution in [3.63, 3.8) is 0 Å². The van der Waals surface area contributed by atoms with Gasteiger partial charge in [0.1, 0.15) is 0 Å². The van der Waals surface area contributed by atoms with Crippen molar-refractivity contribution in [2.45, 2.75) is 25.6 Å². The number of rotatable bonds is 6. The fraction of sp³-hybridized carbons (Fsp3) is 0.200. The maximum Gasteiger partial charge on any atom is 2.00 e. The smallest absolute Gasteiger partial charge is 0.376 e. The Kier molecular flexibility index (Phi) is 7.85. The van der Waals surface area contributed by atoms with E-state index in [0.717, 1.165) is 23.6 Å². The minimum atomic E-state index is -1.79. The fourth-order valence-corrected chi connectivity index (χ4v) is 5.86. The summed E-state index contributed by atoms with van der Waals surface area (Å²) in [6.45, 7) is 8.63. The summed E-state index contributed by atoms with van der Waals surface area (Å²) in [4.78, 5) is 11.8. The van der Waals surface area contributed by atoms with Crippen molar-refractivity contribution in [3.8, 4) is 0 Å². The molecule has 2 aromatic carbocycles. The summed E-state index contributed by atoms with van der Waals surface area (Å²) >= 11 is 0. The molecule has 0 atom stereocenters. The quantitative estimate of drug-likeness (QED) is 0.276. The third-order valence-electron chi connectivity index (χ3n) is 3.96. The van der Waals surface area contributed by atoms with Crippen molar-refractivity contribution in [2.24, 2.45) is 0 Å². The van der Waals surface area contributed by atoms with Gasteiger partial charge in [0.2, 0.25) is 0 Å². The number of hydrogen-bond acceptors (Lipinski definition) is 1. The van der Waals surface area contributed by atoms with Gasteiger partial charge in [0.05, 0.1) is 6.29 Å². The monoisotopic (exact) mass is 412 g/mol. The average Bonchev–Trinajstić information content (AvgIpc) is 2.53. The SMILES string of the molecule is [CH2-]CC[Si](C)(C)/C(=C(\[C-]=O)c1ccccc1)c1ccccc1.[Pd+2]. The van der Waals surface area contributed by atoms with Gasteiger partial charge in [0, 0.05) is 8.07 Å². The molecule has 0 saturated heterocycles. The summed E-state index contributed by atoms with van der Waals surface area (Å²) in [5.41, 5.74) is 2.78. The molecule has 0 aromatic heterocycles. The minimum absolute atomic E-state index is 0. The summed E-state index contributed by atoms with van der Waals surface area (Å²) < 4.78 is 0. The number of benzene rings is 2. The molecule has 2 rings (SSSR count). The molecule has 0 saturated carbocycles. The molecule has 0 N–H and O–H groups in total. The van der Waals surface area contributed by atoms with Gasteiger partial charge in [-0.15, -0.1) is 28.5 Å². The molecule has 0 spiro atoms. The fourth-order valence-electron chi connectivity index (χ4n) is 2.90. The van der Waals surface area contributed by atoms with Crippen molar-refractivity contribution in [1.29, 1.82) is 0 Å². The molecule has 0 unspecified atom stereocenters. The third-order valence-corrected chi connectivity index (χ3v) is 7.45. The summed E-state index contributed by atoms with van der Waals surface area (Å²) in [6, 6.07) is 21.1. The standard InChI is InChI=1S/C20H22OSi.Pd/c1-4-15-22(2,3)20(18-13-9-6-10-14-18)19(16-21)17-11-7-5-8-12-17;/h5-14H,1,4,15H2,2-3H3;/q-2;+2/b20-19+;. The van der Waals surface area contributed by atoms with Gasteiger partial charge in [-0.05, 0) is 0 Å². The van der Waals surface area contributed by atoms with E-state index in [-0.39, 0.29) is 20.4 Å². The predicted octanol–water partition coefficient (Wildman–Crippen LogP) is 5.18. The molecular weight excluding hydrogens is 391 g/mol. The van der Waals surface area contributed by atoms with Crippen LogP contribution in [0.4, 0.5) is 0 Å². The first-order chi connectivity index (χ1) is 10.6. The summed E-state index contributed by atoms with van der Waals surface area (Å²) in [5, 5.41) is 1.18. The molecule has 0 amide bonds. The van der Waals surface area contributed by atoms with Gasteiger partial charge in [-0.1, -0.05) is 73.2 Å². The normalized spacial score (nSPS) is 12.1. The van der Waals surface area contributed by atoms with Crippen LogP contribution in [0.2, 0.25) is 19.1 Å². The first-order valence-corrected chi connectivity index (χ1v) is 10.8. The van der Waals surface area contributed by atoms with Gasteiger partial charge in [-0.25, -0.2) is 0 Å². The minimum Gasteiger partial charge on any atom is -0.376 e. The van der Waals surface area contributed by atoms with Crippen LogP contribution in [0.5, 0.6) is 0 Å². The van der Waals surface area contributed by atoms with E-state index in [9.17, 15) is 4.79 Å². The Morgan fingerprint density at radius 2 is 1.43 bits per heavy atom. The number of hydrogen-bond donors (Lipinski definition) is 0. The zero-order chi connectivity index (χ0) is 16.0. The molecule has 0 aliphatic heterocycles. The van der Waals surface area contributed by atoms with Crippen LogP contribution in [0.1, 0.15) is 17.5 Å². The molecule has 0 aliphatic rings.